The highest BCUT2D eigenvalue weighted by atomic mass is 16.5. The molecule has 0 amide bonds. The molecule has 5 nitrogen and oxygen atoms in total. The molecule has 0 aliphatic carbocycles. The summed E-state index contributed by atoms with van der Waals surface area (Å²) in [6, 6.07) is 5.59. The maximum atomic E-state index is 5.84. The molecule has 0 spiro atoms. The summed E-state index contributed by atoms with van der Waals surface area (Å²) in [4.78, 5) is 8.40. The smallest absolute Gasteiger partial charge is 0.194 e. The van der Waals surface area contributed by atoms with Gasteiger partial charge in [-0.05, 0) is 38.8 Å². The number of rotatable bonds is 3. The number of nitrogens with two attached hydrogens (primary N) is 1. The van der Waals surface area contributed by atoms with Crippen molar-refractivity contribution in [3.05, 3.63) is 24.4 Å². The van der Waals surface area contributed by atoms with Gasteiger partial charge in [0.15, 0.2) is 5.96 Å². The molecule has 0 saturated carbocycles. The number of nitrogens with zero attached hydrogens (tertiary/aromatic N) is 2. The van der Waals surface area contributed by atoms with E-state index >= 15 is 0 Å². The van der Waals surface area contributed by atoms with Gasteiger partial charge in [-0.3, -0.25) is 4.99 Å². The van der Waals surface area contributed by atoms with Crippen LogP contribution in [-0.4, -0.2) is 29.2 Å². The van der Waals surface area contributed by atoms with Crippen LogP contribution in [0.15, 0.2) is 29.4 Å². The lowest BCUT2D eigenvalue weighted by atomic mass is 10.1. The van der Waals surface area contributed by atoms with Crippen molar-refractivity contribution >= 4 is 11.8 Å². The average molecular weight is 248 g/mol. The number of pyridine rings is 1. The Hall–Kier alpha value is -1.62. The van der Waals surface area contributed by atoms with Gasteiger partial charge in [0.1, 0.15) is 5.82 Å². The molecule has 1 aromatic rings. The molecule has 1 unspecified atom stereocenters. The molecule has 1 aliphatic rings. The van der Waals surface area contributed by atoms with Crippen LogP contribution in [0.5, 0.6) is 0 Å². The Morgan fingerprint density at radius 1 is 1.61 bits per heavy atom. The van der Waals surface area contributed by atoms with Crippen LogP contribution in [-0.2, 0) is 4.74 Å². The Morgan fingerprint density at radius 2 is 2.44 bits per heavy atom. The van der Waals surface area contributed by atoms with Crippen LogP contribution in [0.1, 0.15) is 26.7 Å². The van der Waals surface area contributed by atoms with Gasteiger partial charge in [-0.15, -0.1) is 0 Å². The van der Waals surface area contributed by atoms with Gasteiger partial charge >= 0.3 is 0 Å². The number of guanidine groups is 1. The summed E-state index contributed by atoms with van der Waals surface area (Å²) < 4.78 is 5.84. The molecule has 0 aromatic carbocycles. The second-order valence-electron chi connectivity index (χ2n) is 5.10. The second-order valence-corrected chi connectivity index (χ2v) is 5.10. The van der Waals surface area contributed by atoms with Crippen LogP contribution in [0.3, 0.4) is 0 Å². The minimum atomic E-state index is -0.0244. The molecular formula is C13H20N4O. The van der Waals surface area contributed by atoms with E-state index in [0.29, 0.717) is 18.3 Å². The van der Waals surface area contributed by atoms with Crippen molar-refractivity contribution in [1.82, 2.24) is 4.98 Å². The van der Waals surface area contributed by atoms with Crippen molar-refractivity contribution in [2.24, 2.45) is 10.7 Å². The molecule has 2 rings (SSSR count). The molecule has 5 heteroatoms. The summed E-state index contributed by atoms with van der Waals surface area (Å²) in [7, 11) is 0. The molecule has 1 aromatic heterocycles. The minimum absolute atomic E-state index is 0.0244. The second kappa shape index (κ2) is 5.35. The van der Waals surface area contributed by atoms with Gasteiger partial charge in [0.2, 0.25) is 0 Å². The van der Waals surface area contributed by atoms with Crippen molar-refractivity contribution in [1.29, 1.82) is 0 Å². The number of ether oxygens (including phenoxy) is 1. The van der Waals surface area contributed by atoms with Crippen molar-refractivity contribution in [2.45, 2.75) is 38.4 Å². The first-order valence-electron chi connectivity index (χ1n) is 6.21. The monoisotopic (exact) mass is 248 g/mol. The zero-order chi connectivity index (χ0) is 13.0. The average Bonchev–Trinajstić information content (AvgIpc) is 2.68. The van der Waals surface area contributed by atoms with Gasteiger partial charge in [0.05, 0.1) is 18.2 Å². The van der Waals surface area contributed by atoms with E-state index in [1.165, 1.54) is 0 Å². The zero-order valence-corrected chi connectivity index (χ0v) is 10.9. The van der Waals surface area contributed by atoms with Crippen molar-refractivity contribution < 1.29 is 4.74 Å². The Bertz CT molecular complexity index is 416. The number of hydrogen-bond donors (Lipinski definition) is 2. The molecule has 18 heavy (non-hydrogen) atoms. The molecule has 98 valence electrons. The number of aliphatic imine (C=N–C) groups is 1. The van der Waals surface area contributed by atoms with E-state index in [0.717, 1.165) is 12.8 Å². The van der Waals surface area contributed by atoms with Crippen LogP contribution in [0.25, 0.3) is 0 Å². The van der Waals surface area contributed by atoms with Gasteiger partial charge in [0.25, 0.3) is 0 Å². The molecule has 0 radical (unpaired) electrons. The molecule has 1 atom stereocenters. The first-order valence-corrected chi connectivity index (χ1v) is 6.21. The van der Waals surface area contributed by atoms with E-state index in [1.54, 1.807) is 6.20 Å². The van der Waals surface area contributed by atoms with Crippen LogP contribution in [0, 0.1) is 0 Å². The fourth-order valence-electron chi connectivity index (χ4n) is 2.01. The fraction of sp³-hybridized carbons (Fsp3) is 0.538. The topological polar surface area (TPSA) is 72.5 Å². The van der Waals surface area contributed by atoms with Crippen LogP contribution in [0.2, 0.25) is 0 Å². The van der Waals surface area contributed by atoms with Crippen molar-refractivity contribution in [3.8, 4) is 0 Å². The summed E-state index contributed by atoms with van der Waals surface area (Å²) >= 11 is 0. The van der Waals surface area contributed by atoms with Crippen molar-refractivity contribution in [2.75, 3.05) is 11.9 Å². The Balaban J connectivity index is 1.83. The van der Waals surface area contributed by atoms with E-state index < -0.39 is 0 Å². The highest BCUT2D eigenvalue weighted by Gasteiger charge is 2.31. The quantitative estimate of drug-likeness (QED) is 0.631. The van der Waals surface area contributed by atoms with E-state index in [4.69, 9.17) is 10.5 Å². The summed E-state index contributed by atoms with van der Waals surface area (Å²) in [5, 5.41) is 2.95. The number of anilines is 1. The lowest BCUT2D eigenvalue weighted by Gasteiger charge is -2.18. The number of aromatic nitrogens is 1. The molecule has 0 bridgehead atoms. The third kappa shape index (κ3) is 3.70. The lowest BCUT2D eigenvalue weighted by Crippen LogP contribution is -2.26. The van der Waals surface area contributed by atoms with Crippen LogP contribution in [0.4, 0.5) is 5.82 Å². The number of hydrogen-bond acceptors (Lipinski definition) is 3. The lowest BCUT2D eigenvalue weighted by molar-refractivity contribution is -0.0106. The summed E-state index contributed by atoms with van der Waals surface area (Å²) in [6.45, 7) is 4.80. The predicted octanol–water partition coefficient (Wildman–Crippen LogP) is 1.77. The molecule has 1 fully saturated rings. The molecular weight excluding hydrogens is 228 g/mol. The maximum Gasteiger partial charge on any atom is 0.194 e. The van der Waals surface area contributed by atoms with Crippen molar-refractivity contribution in [3.63, 3.8) is 0 Å². The summed E-state index contributed by atoms with van der Waals surface area (Å²) in [6.07, 6.45) is 3.98. The third-order valence-electron chi connectivity index (χ3n) is 2.94. The first kappa shape index (κ1) is 12.8. The number of nitrogens with one attached hydrogen (secondary N) is 1. The molecule has 1 aliphatic heterocycles. The van der Waals surface area contributed by atoms with Gasteiger partial charge < -0.3 is 15.8 Å². The van der Waals surface area contributed by atoms with E-state index in [-0.39, 0.29) is 11.7 Å². The zero-order valence-electron chi connectivity index (χ0n) is 10.9. The van der Waals surface area contributed by atoms with Gasteiger partial charge in [0, 0.05) is 6.20 Å². The highest BCUT2D eigenvalue weighted by molar-refractivity contribution is 5.91. The normalized spacial score (nSPS) is 23.0. The van der Waals surface area contributed by atoms with Crippen LogP contribution < -0.4 is 11.1 Å². The third-order valence-corrected chi connectivity index (χ3v) is 2.94. The van der Waals surface area contributed by atoms with E-state index in [1.807, 2.05) is 18.2 Å². The van der Waals surface area contributed by atoms with Gasteiger partial charge in [-0.1, -0.05) is 6.07 Å². The molecule has 3 N–H and O–H groups in total. The standard InChI is InChI=1S/C13H20N4O/c1-13(2)7-6-10(18-13)9-16-12(14)17-11-5-3-4-8-15-11/h3-5,8,10H,6-7,9H2,1-2H3,(H3,14,15,16,17). The van der Waals surface area contributed by atoms with E-state index in [9.17, 15) is 0 Å². The molecule has 2 heterocycles. The fourth-order valence-corrected chi connectivity index (χ4v) is 2.01. The molecule has 1 saturated heterocycles. The Morgan fingerprint density at radius 3 is 3.06 bits per heavy atom. The summed E-state index contributed by atoms with van der Waals surface area (Å²) in [5.74, 6) is 1.08. The van der Waals surface area contributed by atoms with Crippen LogP contribution >= 0.6 is 0 Å². The first-order chi connectivity index (χ1) is 8.55. The largest absolute Gasteiger partial charge is 0.370 e. The summed E-state index contributed by atoms with van der Waals surface area (Å²) in [5.41, 5.74) is 5.77. The predicted molar refractivity (Wildman–Crippen MR) is 72.5 cm³/mol. The Labute approximate surface area is 107 Å². The van der Waals surface area contributed by atoms with E-state index in [2.05, 4.69) is 29.1 Å². The van der Waals surface area contributed by atoms with Gasteiger partial charge in [-0.2, -0.15) is 0 Å². The Kier molecular flexibility index (Phi) is 3.81. The maximum absolute atomic E-state index is 5.84. The highest BCUT2D eigenvalue weighted by Crippen LogP contribution is 2.29. The van der Waals surface area contributed by atoms with Gasteiger partial charge in [-0.25, -0.2) is 4.98 Å². The minimum Gasteiger partial charge on any atom is -0.370 e. The SMILES string of the molecule is CC1(C)CCC(CN=C(N)Nc2ccccn2)O1.